The van der Waals surface area contributed by atoms with Crippen molar-refractivity contribution in [1.82, 2.24) is 10.6 Å². The number of aliphatic hydroxyl groups excluding tert-OH is 1. The first-order valence-corrected chi connectivity index (χ1v) is 7.46. The van der Waals surface area contributed by atoms with Gasteiger partial charge in [-0.1, -0.05) is 23.7 Å². The number of rotatable bonds is 6. The van der Waals surface area contributed by atoms with Crippen LogP contribution in [0.5, 0.6) is 0 Å². The molecule has 2 aromatic rings. The number of furan rings is 1. The van der Waals surface area contributed by atoms with Gasteiger partial charge in [-0.25, -0.2) is 0 Å². The first-order valence-electron chi connectivity index (χ1n) is 7.08. The fourth-order valence-corrected chi connectivity index (χ4v) is 2.14. The van der Waals surface area contributed by atoms with E-state index in [9.17, 15) is 14.7 Å². The highest BCUT2D eigenvalue weighted by atomic mass is 35.5. The molecule has 23 heavy (non-hydrogen) atoms. The van der Waals surface area contributed by atoms with Crippen molar-refractivity contribution in [3.63, 3.8) is 0 Å². The summed E-state index contributed by atoms with van der Waals surface area (Å²) in [4.78, 5) is 23.2. The molecule has 0 radical (unpaired) electrons. The largest absolute Gasteiger partial charge is 0.467 e. The number of nitrogens with one attached hydrogen (secondary N) is 2. The van der Waals surface area contributed by atoms with Gasteiger partial charge in [-0.3, -0.25) is 9.59 Å². The third-order valence-electron chi connectivity index (χ3n) is 3.15. The Kier molecular flexibility index (Phi) is 6.19. The first kappa shape index (κ1) is 17.1. The summed E-state index contributed by atoms with van der Waals surface area (Å²) >= 11 is 5.85. The molecule has 1 aromatic carbocycles. The van der Waals surface area contributed by atoms with Crippen molar-refractivity contribution in [2.45, 2.75) is 19.1 Å². The van der Waals surface area contributed by atoms with Gasteiger partial charge in [0.2, 0.25) is 0 Å². The molecule has 2 amide bonds. The molecule has 122 valence electrons. The van der Waals surface area contributed by atoms with Crippen LogP contribution in [-0.4, -0.2) is 23.5 Å². The van der Waals surface area contributed by atoms with E-state index in [0.717, 1.165) is 0 Å². The minimum absolute atomic E-state index is 0.143. The number of benzene rings is 1. The van der Waals surface area contributed by atoms with Crippen molar-refractivity contribution in [3.05, 3.63) is 59.0 Å². The van der Waals surface area contributed by atoms with E-state index >= 15 is 0 Å². The second-order valence-corrected chi connectivity index (χ2v) is 5.31. The van der Waals surface area contributed by atoms with Crippen LogP contribution in [0, 0.1) is 0 Å². The van der Waals surface area contributed by atoms with Gasteiger partial charge in [-0.05, 0) is 36.2 Å². The highest BCUT2D eigenvalue weighted by Crippen LogP contribution is 2.19. The third-order valence-corrected chi connectivity index (χ3v) is 3.38. The van der Waals surface area contributed by atoms with Gasteiger partial charge in [-0.15, -0.1) is 0 Å². The summed E-state index contributed by atoms with van der Waals surface area (Å²) in [5, 5.41) is 15.4. The monoisotopic (exact) mass is 336 g/mol. The highest BCUT2D eigenvalue weighted by Gasteiger charge is 2.14. The number of carbonyl (C=O) groups is 2. The summed E-state index contributed by atoms with van der Waals surface area (Å²) in [7, 11) is 0. The molecule has 0 aliphatic heterocycles. The molecule has 0 aliphatic carbocycles. The van der Waals surface area contributed by atoms with Crippen molar-refractivity contribution in [2.24, 2.45) is 0 Å². The Hall–Kier alpha value is -2.31. The smallest absolute Gasteiger partial charge is 0.309 e. The molecule has 3 N–H and O–H groups in total. The van der Waals surface area contributed by atoms with Crippen molar-refractivity contribution < 1.29 is 19.1 Å². The summed E-state index contributed by atoms with van der Waals surface area (Å²) in [6.07, 6.45) is 0.997. The zero-order chi connectivity index (χ0) is 16.7. The van der Waals surface area contributed by atoms with Gasteiger partial charge in [0, 0.05) is 11.6 Å². The number of halogens is 1. The van der Waals surface area contributed by atoms with Crippen LogP contribution in [0.3, 0.4) is 0 Å². The average molecular weight is 337 g/mol. The van der Waals surface area contributed by atoms with Crippen molar-refractivity contribution in [3.8, 4) is 0 Å². The molecule has 7 heteroatoms. The van der Waals surface area contributed by atoms with E-state index in [2.05, 4.69) is 10.6 Å². The topological polar surface area (TPSA) is 91.6 Å². The molecule has 0 spiro atoms. The van der Waals surface area contributed by atoms with Gasteiger partial charge in [0.25, 0.3) is 0 Å². The van der Waals surface area contributed by atoms with Gasteiger partial charge in [0.15, 0.2) is 0 Å². The van der Waals surface area contributed by atoms with Crippen LogP contribution >= 0.6 is 11.6 Å². The van der Waals surface area contributed by atoms with Crippen molar-refractivity contribution in [2.75, 3.05) is 6.54 Å². The van der Waals surface area contributed by atoms with Crippen LogP contribution < -0.4 is 10.6 Å². The van der Waals surface area contributed by atoms with E-state index in [1.54, 1.807) is 36.4 Å². The lowest BCUT2D eigenvalue weighted by molar-refractivity contribution is -0.139. The second-order valence-electron chi connectivity index (χ2n) is 4.88. The Morgan fingerprint density at radius 3 is 2.65 bits per heavy atom. The van der Waals surface area contributed by atoms with E-state index in [1.165, 1.54) is 6.26 Å². The maximum atomic E-state index is 11.6. The number of aliphatic hydroxyl groups is 1. The molecule has 1 heterocycles. The van der Waals surface area contributed by atoms with E-state index in [4.69, 9.17) is 16.0 Å². The SMILES string of the molecule is O=C(NCCC(O)c1cccc(Cl)c1)C(=O)NCc1ccco1. The maximum absolute atomic E-state index is 11.6. The fraction of sp³-hybridized carbons (Fsp3) is 0.250. The molecular formula is C16H17ClN2O4. The second kappa shape index (κ2) is 8.36. The molecular weight excluding hydrogens is 320 g/mol. The van der Waals surface area contributed by atoms with Crippen LogP contribution in [0.1, 0.15) is 23.8 Å². The molecule has 1 unspecified atom stereocenters. The lowest BCUT2D eigenvalue weighted by Crippen LogP contribution is -2.40. The Morgan fingerprint density at radius 1 is 1.17 bits per heavy atom. The molecule has 6 nitrogen and oxygen atoms in total. The summed E-state index contributed by atoms with van der Waals surface area (Å²) < 4.78 is 5.04. The van der Waals surface area contributed by atoms with E-state index < -0.39 is 17.9 Å². The Bertz CT molecular complexity index is 658. The van der Waals surface area contributed by atoms with Crippen molar-refractivity contribution >= 4 is 23.4 Å². The highest BCUT2D eigenvalue weighted by molar-refractivity contribution is 6.35. The zero-order valence-corrected chi connectivity index (χ0v) is 13.0. The molecule has 0 saturated heterocycles. The lowest BCUT2D eigenvalue weighted by atomic mass is 10.1. The molecule has 0 fully saturated rings. The van der Waals surface area contributed by atoms with Crippen LogP contribution in [-0.2, 0) is 16.1 Å². The molecule has 1 atom stereocenters. The quantitative estimate of drug-likeness (QED) is 0.701. The van der Waals surface area contributed by atoms with E-state index in [0.29, 0.717) is 16.3 Å². The van der Waals surface area contributed by atoms with Crippen LogP contribution in [0.2, 0.25) is 5.02 Å². The Labute approximate surface area is 138 Å². The molecule has 0 saturated carbocycles. The maximum Gasteiger partial charge on any atom is 0.309 e. The van der Waals surface area contributed by atoms with Gasteiger partial charge in [-0.2, -0.15) is 0 Å². The summed E-state index contributed by atoms with van der Waals surface area (Å²) in [5.74, 6) is -0.948. The zero-order valence-electron chi connectivity index (χ0n) is 12.3. The number of amides is 2. The Balaban J connectivity index is 1.70. The van der Waals surface area contributed by atoms with Gasteiger partial charge < -0.3 is 20.2 Å². The molecule has 0 bridgehead atoms. The predicted molar refractivity (Wildman–Crippen MR) is 84.6 cm³/mol. The molecule has 1 aromatic heterocycles. The molecule has 0 aliphatic rings. The number of hydrogen-bond donors (Lipinski definition) is 3. The van der Waals surface area contributed by atoms with Crippen molar-refractivity contribution in [1.29, 1.82) is 0 Å². The fourth-order valence-electron chi connectivity index (χ4n) is 1.94. The first-order chi connectivity index (χ1) is 11.1. The van der Waals surface area contributed by atoms with E-state index in [-0.39, 0.29) is 19.5 Å². The van der Waals surface area contributed by atoms with Crippen LogP contribution in [0.4, 0.5) is 0 Å². The third kappa shape index (κ3) is 5.43. The Morgan fingerprint density at radius 2 is 1.96 bits per heavy atom. The van der Waals surface area contributed by atoms with Gasteiger partial charge in [0.05, 0.1) is 18.9 Å². The summed E-state index contributed by atoms with van der Waals surface area (Å²) in [6, 6.07) is 10.2. The lowest BCUT2D eigenvalue weighted by Gasteiger charge is -2.12. The minimum atomic E-state index is -0.764. The number of hydrogen-bond acceptors (Lipinski definition) is 4. The standard InChI is InChI=1S/C16H17ClN2O4/c17-12-4-1-3-11(9-12)14(20)6-7-18-15(21)16(22)19-10-13-5-2-8-23-13/h1-5,8-9,14,20H,6-7,10H2,(H,18,21)(H,19,22). The van der Waals surface area contributed by atoms with Gasteiger partial charge >= 0.3 is 11.8 Å². The predicted octanol–water partition coefficient (Wildman–Crippen LogP) is 1.79. The summed E-state index contributed by atoms with van der Waals surface area (Å²) in [6.45, 7) is 0.311. The normalized spacial score (nSPS) is 11.7. The van der Waals surface area contributed by atoms with Crippen LogP contribution in [0.25, 0.3) is 0 Å². The molecule has 2 rings (SSSR count). The van der Waals surface area contributed by atoms with E-state index in [1.807, 2.05) is 0 Å². The van der Waals surface area contributed by atoms with Gasteiger partial charge in [0.1, 0.15) is 5.76 Å². The minimum Gasteiger partial charge on any atom is -0.467 e. The number of carbonyl (C=O) groups excluding carboxylic acids is 2. The van der Waals surface area contributed by atoms with Crippen LogP contribution in [0.15, 0.2) is 47.1 Å². The average Bonchev–Trinajstić information content (AvgIpc) is 3.05. The summed E-state index contributed by atoms with van der Waals surface area (Å²) in [5.41, 5.74) is 0.661.